The number of imide groups is 1. The van der Waals surface area contributed by atoms with Crippen LogP contribution >= 0.6 is 11.6 Å². The molecule has 1 saturated carbocycles. The standard InChI is InChI=1S/C27H21ClN2O3/c28-20-10-5-16(6-11-20)15-33-23-12-9-17-3-1-2-4-21(17)22(23)14-29-30-26(31)24-18-7-8-19(13-18)25(24)27(30)32/h1-12,14,18-19,24-25H,13,15H2/b29-14-/t18-,19+,24-,25+. The molecule has 1 saturated heterocycles. The van der Waals surface area contributed by atoms with E-state index in [0.717, 1.165) is 33.3 Å². The van der Waals surface area contributed by atoms with Crippen LogP contribution in [0.15, 0.2) is 77.9 Å². The van der Waals surface area contributed by atoms with Crippen molar-refractivity contribution in [3.8, 4) is 5.75 Å². The van der Waals surface area contributed by atoms with Crippen LogP contribution in [0.4, 0.5) is 0 Å². The minimum Gasteiger partial charge on any atom is -0.488 e. The van der Waals surface area contributed by atoms with Crippen LogP contribution in [-0.2, 0) is 16.2 Å². The van der Waals surface area contributed by atoms with Crippen molar-refractivity contribution in [2.24, 2.45) is 28.8 Å². The molecule has 0 N–H and O–H groups in total. The Bertz CT molecular complexity index is 1300. The van der Waals surface area contributed by atoms with Gasteiger partial charge in [-0.3, -0.25) is 9.59 Å². The molecule has 1 heterocycles. The molecule has 6 rings (SSSR count). The number of nitrogens with zero attached hydrogens (tertiary/aromatic N) is 2. The lowest BCUT2D eigenvalue weighted by atomic mass is 9.85. The van der Waals surface area contributed by atoms with Crippen LogP contribution < -0.4 is 4.74 Å². The van der Waals surface area contributed by atoms with Gasteiger partial charge in [0, 0.05) is 10.6 Å². The second-order valence-electron chi connectivity index (χ2n) is 8.85. The first kappa shape index (κ1) is 20.2. The predicted octanol–water partition coefficient (Wildman–Crippen LogP) is 5.21. The summed E-state index contributed by atoms with van der Waals surface area (Å²) in [6.07, 6.45) is 6.65. The lowest BCUT2D eigenvalue weighted by Crippen LogP contribution is -2.28. The van der Waals surface area contributed by atoms with E-state index in [4.69, 9.17) is 16.3 Å². The third-order valence-corrected chi connectivity index (χ3v) is 7.24. The molecule has 0 spiro atoms. The normalized spacial score (nSPS) is 25.5. The fourth-order valence-electron chi connectivity index (χ4n) is 5.39. The molecule has 3 aromatic carbocycles. The Labute approximate surface area is 196 Å². The number of amides is 2. The number of hydrogen-bond acceptors (Lipinski definition) is 4. The second-order valence-corrected chi connectivity index (χ2v) is 9.28. The number of hydrogen-bond donors (Lipinski definition) is 0. The Morgan fingerprint density at radius 3 is 2.36 bits per heavy atom. The summed E-state index contributed by atoms with van der Waals surface area (Å²) in [7, 11) is 0. The lowest BCUT2D eigenvalue weighted by molar-refractivity contribution is -0.140. The van der Waals surface area contributed by atoms with Crippen molar-refractivity contribution in [3.05, 3.63) is 89.0 Å². The zero-order chi connectivity index (χ0) is 22.5. The maximum Gasteiger partial charge on any atom is 0.254 e. The van der Waals surface area contributed by atoms with Gasteiger partial charge in [0.15, 0.2) is 0 Å². The van der Waals surface area contributed by atoms with E-state index in [0.29, 0.717) is 17.4 Å². The summed E-state index contributed by atoms with van der Waals surface area (Å²) >= 11 is 5.98. The number of benzene rings is 3. The van der Waals surface area contributed by atoms with Crippen LogP contribution in [0.25, 0.3) is 10.8 Å². The quantitative estimate of drug-likeness (QED) is 0.300. The van der Waals surface area contributed by atoms with E-state index in [1.807, 2.05) is 60.7 Å². The number of fused-ring (bicyclic) bond motifs is 6. The Morgan fingerprint density at radius 1 is 0.939 bits per heavy atom. The summed E-state index contributed by atoms with van der Waals surface area (Å²) in [5, 5.41) is 8.11. The van der Waals surface area contributed by atoms with Crippen molar-refractivity contribution in [2.45, 2.75) is 13.0 Å². The third kappa shape index (κ3) is 3.35. The number of ether oxygens (including phenoxy) is 1. The van der Waals surface area contributed by atoms with Gasteiger partial charge in [0.25, 0.3) is 11.8 Å². The third-order valence-electron chi connectivity index (χ3n) is 6.99. The number of halogens is 1. The van der Waals surface area contributed by atoms with E-state index in [1.54, 1.807) is 6.21 Å². The average Bonchev–Trinajstić information content (AvgIpc) is 3.52. The van der Waals surface area contributed by atoms with E-state index >= 15 is 0 Å². The molecule has 0 unspecified atom stereocenters. The largest absolute Gasteiger partial charge is 0.488 e. The molecule has 2 fully saturated rings. The molecular weight excluding hydrogens is 436 g/mol. The van der Waals surface area contributed by atoms with E-state index < -0.39 is 0 Å². The van der Waals surface area contributed by atoms with Crippen LogP contribution in [0, 0.1) is 23.7 Å². The van der Waals surface area contributed by atoms with E-state index in [9.17, 15) is 9.59 Å². The zero-order valence-electron chi connectivity index (χ0n) is 17.7. The molecule has 164 valence electrons. The van der Waals surface area contributed by atoms with Gasteiger partial charge in [0.05, 0.1) is 18.1 Å². The van der Waals surface area contributed by atoms with Crippen molar-refractivity contribution in [1.29, 1.82) is 0 Å². The molecule has 6 heteroatoms. The molecular formula is C27H21ClN2O3. The Hall–Kier alpha value is -3.44. The highest BCUT2D eigenvalue weighted by atomic mass is 35.5. The number of allylic oxidation sites excluding steroid dienone is 2. The van der Waals surface area contributed by atoms with Crippen LogP contribution in [0.1, 0.15) is 17.5 Å². The Morgan fingerprint density at radius 2 is 1.64 bits per heavy atom. The first-order valence-corrected chi connectivity index (χ1v) is 11.5. The molecule has 3 aromatic rings. The molecule has 2 amide bonds. The number of carbonyl (C=O) groups excluding carboxylic acids is 2. The monoisotopic (exact) mass is 456 g/mol. The minimum absolute atomic E-state index is 0.160. The van der Waals surface area contributed by atoms with Gasteiger partial charge in [-0.25, -0.2) is 0 Å². The summed E-state index contributed by atoms with van der Waals surface area (Å²) in [6, 6.07) is 19.3. The minimum atomic E-state index is -0.266. The van der Waals surface area contributed by atoms with Gasteiger partial charge in [-0.2, -0.15) is 10.1 Å². The summed E-state index contributed by atoms with van der Waals surface area (Å²) in [6.45, 7) is 0.358. The SMILES string of the molecule is O=C1[C@@H]2[C@H](C(=O)N1/N=C\c1c(OCc3ccc(Cl)cc3)ccc3ccccc13)[C@@H]1C=C[C@H]2C1. The van der Waals surface area contributed by atoms with Gasteiger partial charge in [-0.05, 0) is 52.8 Å². The molecule has 2 aliphatic carbocycles. The predicted molar refractivity (Wildman–Crippen MR) is 127 cm³/mol. The Balaban J connectivity index is 1.32. The summed E-state index contributed by atoms with van der Waals surface area (Å²) < 4.78 is 6.13. The van der Waals surface area contributed by atoms with Gasteiger partial charge in [-0.15, -0.1) is 0 Å². The molecule has 0 radical (unpaired) electrons. The van der Waals surface area contributed by atoms with E-state index in [1.165, 1.54) is 0 Å². The molecule has 4 atom stereocenters. The molecule has 5 nitrogen and oxygen atoms in total. The maximum absolute atomic E-state index is 13.0. The second kappa shape index (κ2) is 7.85. The number of carbonyl (C=O) groups is 2. The topological polar surface area (TPSA) is 59.0 Å². The van der Waals surface area contributed by atoms with Gasteiger partial charge in [0.1, 0.15) is 12.4 Å². The fourth-order valence-corrected chi connectivity index (χ4v) is 5.52. The van der Waals surface area contributed by atoms with Crippen LogP contribution in [-0.4, -0.2) is 23.0 Å². The number of rotatable bonds is 5. The molecule has 33 heavy (non-hydrogen) atoms. The van der Waals surface area contributed by atoms with Crippen LogP contribution in [0.5, 0.6) is 5.75 Å². The van der Waals surface area contributed by atoms with Crippen molar-refractivity contribution in [3.63, 3.8) is 0 Å². The number of hydrazone groups is 1. The summed E-state index contributed by atoms with van der Waals surface area (Å²) in [5.41, 5.74) is 1.72. The summed E-state index contributed by atoms with van der Waals surface area (Å²) in [4.78, 5) is 26.0. The first-order valence-electron chi connectivity index (χ1n) is 11.1. The van der Waals surface area contributed by atoms with Gasteiger partial charge < -0.3 is 4.74 Å². The Kier molecular flexibility index (Phi) is 4.80. The maximum atomic E-state index is 13.0. The van der Waals surface area contributed by atoms with Crippen molar-refractivity contribution < 1.29 is 14.3 Å². The van der Waals surface area contributed by atoms with E-state index in [-0.39, 0.29) is 35.5 Å². The van der Waals surface area contributed by atoms with Crippen LogP contribution in [0.2, 0.25) is 5.02 Å². The van der Waals surface area contributed by atoms with Crippen LogP contribution in [0.3, 0.4) is 0 Å². The molecule has 2 bridgehead atoms. The highest BCUT2D eigenvalue weighted by molar-refractivity contribution is 6.30. The molecule has 3 aliphatic rings. The van der Waals surface area contributed by atoms with Crippen molar-refractivity contribution in [1.82, 2.24) is 5.01 Å². The molecule has 0 aromatic heterocycles. The highest BCUT2D eigenvalue weighted by Crippen LogP contribution is 2.52. The van der Waals surface area contributed by atoms with Crippen molar-refractivity contribution in [2.75, 3.05) is 0 Å². The zero-order valence-corrected chi connectivity index (χ0v) is 18.5. The van der Waals surface area contributed by atoms with Gasteiger partial charge in [-0.1, -0.05) is 66.2 Å². The average molecular weight is 457 g/mol. The van der Waals surface area contributed by atoms with E-state index in [2.05, 4.69) is 17.3 Å². The van der Waals surface area contributed by atoms with Gasteiger partial charge >= 0.3 is 0 Å². The smallest absolute Gasteiger partial charge is 0.254 e. The first-order chi connectivity index (χ1) is 16.1. The highest BCUT2D eigenvalue weighted by Gasteiger charge is 2.59. The lowest BCUT2D eigenvalue weighted by Gasteiger charge is -2.14. The summed E-state index contributed by atoms with van der Waals surface area (Å²) in [5.74, 6) is 0.0351. The van der Waals surface area contributed by atoms with Crippen molar-refractivity contribution >= 4 is 40.4 Å². The molecule has 1 aliphatic heterocycles. The van der Waals surface area contributed by atoms with Gasteiger partial charge in [0.2, 0.25) is 0 Å². The fraction of sp³-hybridized carbons (Fsp3) is 0.222.